The molecule has 2 rings (SSSR count). The van der Waals surface area contributed by atoms with E-state index in [1.54, 1.807) is 12.1 Å². The van der Waals surface area contributed by atoms with Gasteiger partial charge < -0.3 is 9.15 Å². The predicted molar refractivity (Wildman–Crippen MR) is 51.2 cm³/mol. The molecule has 1 aromatic heterocycles. The highest BCUT2D eigenvalue weighted by atomic mass is 16.5. The Morgan fingerprint density at radius 1 is 1.60 bits per heavy atom. The Kier molecular flexibility index (Phi) is 2.24. The van der Waals surface area contributed by atoms with E-state index in [0.717, 1.165) is 19.3 Å². The Labute approximate surface area is 87.4 Å². The molecule has 0 saturated heterocycles. The first kappa shape index (κ1) is 9.78. The second kappa shape index (κ2) is 3.43. The maximum Gasteiger partial charge on any atom is 0.373 e. The minimum absolute atomic E-state index is 0.161. The van der Waals surface area contributed by atoms with Gasteiger partial charge in [-0.25, -0.2) is 4.79 Å². The molecule has 1 aliphatic carbocycles. The molecule has 1 aromatic rings. The van der Waals surface area contributed by atoms with Gasteiger partial charge >= 0.3 is 5.97 Å². The van der Waals surface area contributed by atoms with E-state index in [1.165, 1.54) is 7.11 Å². The zero-order valence-electron chi connectivity index (χ0n) is 8.45. The molecule has 0 aromatic carbocycles. The summed E-state index contributed by atoms with van der Waals surface area (Å²) in [6, 6.07) is 5.50. The molecule has 15 heavy (non-hydrogen) atoms. The number of carbonyl (C=O) groups is 1. The molecule has 4 nitrogen and oxygen atoms in total. The minimum Gasteiger partial charge on any atom is -0.463 e. The number of hydrogen-bond acceptors (Lipinski definition) is 4. The SMILES string of the molecule is COC(=O)c1ccc(C2(C#N)CCC2)o1. The van der Waals surface area contributed by atoms with Crippen LogP contribution in [0.15, 0.2) is 16.5 Å². The van der Waals surface area contributed by atoms with Crippen LogP contribution in [0.1, 0.15) is 35.6 Å². The smallest absolute Gasteiger partial charge is 0.373 e. The highest BCUT2D eigenvalue weighted by Gasteiger charge is 2.42. The van der Waals surface area contributed by atoms with Crippen LogP contribution >= 0.6 is 0 Å². The fourth-order valence-corrected chi connectivity index (χ4v) is 1.75. The Balaban J connectivity index is 2.28. The van der Waals surface area contributed by atoms with Crippen LogP contribution in [-0.4, -0.2) is 13.1 Å². The van der Waals surface area contributed by atoms with Crippen molar-refractivity contribution in [1.29, 1.82) is 5.26 Å². The quantitative estimate of drug-likeness (QED) is 0.693. The molecule has 1 fully saturated rings. The summed E-state index contributed by atoms with van der Waals surface area (Å²) in [4.78, 5) is 11.1. The summed E-state index contributed by atoms with van der Waals surface area (Å²) in [5, 5.41) is 9.07. The number of ether oxygens (including phenoxy) is 1. The minimum atomic E-state index is -0.508. The summed E-state index contributed by atoms with van der Waals surface area (Å²) in [5.41, 5.74) is -0.508. The van der Waals surface area contributed by atoms with Crippen molar-refractivity contribution in [1.82, 2.24) is 0 Å². The first-order valence-corrected chi connectivity index (χ1v) is 4.82. The zero-order chi connectivity index (χ0) is 10.9. The maximum atomic E-state index is 11.1. The lowest BCUT2D eigenvalue weighted by atomic mass is 9.68. The summed E-state index contributed by atoms with van der Waals surface area (Å²) in [7, 11) is 1.30. The van der Waals surface area contributed by atoms with Gasteiger partial charge in [0.1, 0.15) is 11.2 Å². The molecule has 0 N–H and O–H groups in total. The monoisotopic (exact) mass is 205 g/mol. The molecule has 0 aliphatic heterocycles. The van der Waals surface area contributed by atoms with Crippen LogP contribution in [0.5, 0.6) is 0 Å². The third kappa shape index (κ3) is 1.40. The van der Waals surface area contributed by atoms with Crippen molar-refractivity contribution in [2.24, 2.45) is 0 Å². The number of nitrogens with zero attached hydrogens (tertiary/aromatic N) is 1. The van der Waals surface area contributed by atoms with E-state index in [-0.39, 0.29) is 5.76 Å². The first-order valence-electron chi connectivity index (χ1n) is 4.82. The Morgan fingerprint density at radius 2 is 2.33 bits per heavy atom. The molecule has 0 amide bonds. The summed E-state index contributed by atoms with van der Waals surface area (Å²) in [6.45, 7) is 0. The van der Waals surface area contributed by atoms with E-state index >= 15 is 0 Å². The van der Waals surface area contributed by atoms with E-state index in [1.807, 2.05) is 0 Å². The van der Waals surface area contributed by atoms with E-state index < -0.39 is 11.4 Å². The van der Waals surface area contributed by atoms with Crippen LogP contribution < -0.4 is 0 Å². The van der Waals surface area contributed by atoms with Crippen molar-refractivity contribution in [2.75, 3.05) is 7.11 Å². The topological polar surface area (TPSA) is 63.2 Å². The van der Waals surface area contributed by atoms with E-state index in [9.17, 15) is 4.79 Å². The van der Waals surface area contributed by atoms with Crippen molar-refractivity contribution in [3.63, 3.8) is 0 Å². The number of nitriles is 1. The van der Waals surface area contributed by atoms with Gasteiger partial charge in [-0.3, -0.25) is 0 Å². The van der Waals surface area contributed by atoms with Crippen LogP contribution in [0.25, 0.3) is 0 Å². The summed E-state index contributed by atoms with van der Waals surface area (Å²) < 4.78 is 9.87. The average Bonchev–Trinajstić information content (AvgIpc) is 2.65. The van der Waals surface area contributed by atoms with Crippen molar-refractivity contribution >= 4 is 5.97 Å². The molecule has 0 atom stereocenters. The van der Waals surface area contributed by atoms with Gasteiger partial charge in [0.15, 0.2) is 0 Å². The summed E-state index contributed by atoms with van der Waals surface area (Å²) in [5.74, 6) is 0.235. The standard InChI is InChI=1S/C11H11NO3/c1-14-10(13)8-3-4-9(15-8)11(7-12)5-2-6-11/h3-4H,2,5-6H2,1H3. The van der Waals surface area contributed by atoms with Gasteiger partial charge in [-0.2, -0.15) is 5.26 Å². The molecule has 0 spiro atoms. The van der Waals surface area contributed by atoms with Gasteiger partial charge in [-0.1, -0.05) is 0 Å². The predicted octanol–water partition coefficient (Wildman–Crippen LogP) is 2.01. The molecule has 1 heterocycles. The Bertz CT molecular complexity index is 423. The fourth-order valence-electron chi connectivity index (χ4n) is 1.75. The number of hydrogen-bond donors (Lipinski definition) is 0. The van der Waals surface area contributed by atoms with Crippen LogP contribution in [0.4, 0.5) is 0 Å². The van der Waals surface area contributed by atoms with Crippen LogP contribution in [0.3, 0.4) is 0 Å². The second-order valence-electron chi connectivity index (χ2n) is 3.70. The number of esters is 1. The lowest BCUT2D eigenvalue weighted by molar-refractivity contribution is 0.0559. The van der Waals surface area contributed by atoms with Crippen molar-refractivity contribution < 1.29 is 13.9 Å². The lowest BCUT2D eigenvalue weighted by Crippen LogP contribution is -2.31. The average molecular weight is 205 g/mol. The Hall–Kier alpha value is -1.76. The molecule has 4 heteroatoms. The number of rotatable bonds is 2. The molecule has 78 valence electrons. The molecule has 1 saturated carbocycles. The third-order valence-corrected chi connectivity index (χ3v) is 2.89. The maximum absolute atomic E-state index is 11.1. The van der Waals surface area contributed by atoms with Gasteiger partial charge in [0.2, 0.25) is 5.76 Å². The van der Waals surface area contributed by atoms with Crippen LogP contribution in [0, 0.1) is 11.3 Å². The van der Waals surface area contributed by atoms with E-state index in [4.69, 9.17) is 9.68 Å². The van der Waals surface area contributed by atoms with Crippen molar-refractivity contribution in [2.45, 2.75) is 24.7 Å². The molecule has 0 unspecified atom stereocenters. The molecule has 1 aliphatic rings. The lowest BCUT2D eigenvalue weighted by Gasteiger charge is -2.32. The summed E-state index contributed by atoms with van der Waals surface area (Å²) in [6.07, 6.45) is 2.64. The number of furan rings is 1. The fraction of sp³-hybridized carbons (Fsp3) is 0.455. The van der Waals surface area contributed by atoms with Gasteiger partial charge in [0, 0.05) is 0 Å². The highest BCUT2D eigenvalue weighted by molar-refractivity contribution is 5.86. The van der Waals surface area contributed by atoms with Crippen molar-refractivity contribution in [3.8, 4) is 6.07 Å². The van der Waals surface area contributed by atoms with Gasteiger partial charge in [0.25, 0.3) is 0 Å². The van der Waals surface area contributed by atoms with Gasteiger partial charge in [-0.15, -0.1) is 0 Å². The molecular weight excluding hydrogens is 194 g/mol. The third-order valence-electron chi connectivity index (χ3n) is 2.89. The first-order chi connectivity index (χ1) is 7.22. The largest absolute Gasteiger partial charge is 0.463 e. The van der Waals surface area contributed by atoms with Gasteiger partial charge in [0.05, 0.1) is 13.2 Å². The van der Waals surface area contributed by atoms with Crippen molar-refractivity contribution in [3.05, 3.63) is 23.7 Å². The second-order valence-corrected chi connectivity index (χ2v) is 3.70. The summed E-state index contributed by atoms with van der Waals surface area (Å²) >= 11 is 0. The zero-order valence-corrected chi connectivity index (χ0v) is 8.45. The molecule has 0 radical (unpaired) electrons. The normalized spacial score (nSPS) is 17.6. The Morgan fingerprint density at radius 3 is 2.80 bits per heavy atom. The van der Waals surface area contributed by atoms with E-state index in [0.29, 0.717) is 5.76 Å². The molecular formula is C11H11NO3. The molecule has 0 bridgehead atoms. The van der Waals surface area contributed by atoms with E-state index in [2.05, 4.69) is 10.8 Å². The highest BCUT2D eigenvalue weighted by Crippen LogP contribution is 2.43. The van der Waals surface area contributed by atoms with Gasteiger partial charge in [-0.05, 0) is 31.4 Å². The van der Waals surface area contributed by atoms with Crippen LogP contribution in [0.2, 0.25) is 0 Å². The number of carbonyl (C=O) groups excluding carboxylic acids is 1. The number of methoxy groups -OCH3 is 1. The van der Waals surface area contributed by atoms with Crippen LogP contribution in [-0.2, 0) is 10.2 Å².